The number of rotatable bonds is 6. The number of nitrogens with one attached hydrogen (secondary N) is 1. The van der Waals surface area contributed by atoms with E-state index in [1.54, 1.807) is 0 Å². The van der Waals surface area contributed by atoms with Gasteiger partial charge in [0.2, 0.25) is 0 Å². The molecule has 1 N–H and O–H groups in total. The third kappa shape index (κ3) is 3.65. The Morgan fingerprint density at radius 3 is 2.71 bits per heavy atom. The van der Waals surface area contributed by atoms with Crippen LogP contribution in [-0.2, 0) is 0 Å². The van der Waals surface area contributed by atoms with Gasteiger partial charge in [-0.1, -0.05) is 6.92 Å². The van der Waals surface area contributed by atoms with Crippen molar-refractivity contribution in [3.63, 3.8) is 0 Å². The summed E-state index contributed by atoms with van der Waals surface area (Å²) in [7, 11) is 3.99. The van der Waals surface area contributed by atoms with Gasteiger partial charge in [0.05, 0.1) is 12.1 Å². The standard InChI is InChI=1S/C11H21N3/c1-9-6-10(9)8-14(3)5-4-11(7-12)13-2/h9-11,13H,4-6,8H2,1-3H3. The number of nitriles is 1. The molecule has 0 aromatic heterocycles. The fraction of sp³-hybridized carbons (Fsp3) is 0.909. The molecule has 1 saturated carbocycles. The Morgan fingerprint density at radius 1 is 1.64 bits per heavy atom. The van der Waals surface area contributed by atoms with Crippen molar-refractivity contribution < 1.29 is 0 Å². The van der Waals surface area contributed by atoms with Crippen molar-refractivity contribution in [3.05, 3.63) is 0 Å². The first-order valence-corrected chi connectivity index (χ1v) is 5.42. The van der Waals surface area contributed by atoms with Crippen LogP contribution in [-0.4, -0.2) is 38.1 Å². The fourth-order valence-corrected chi connectivity index (χ4v) is 1.77. The maximum atomic E-state index is 8.74. The lowest BCUT2D eigenvalue weighted by molar-refractivity contribution is 0.303. The summed E-state index contributed by atoms with van der Waals surface area (Å²) in [5.74, 6) is 1.84. The van der Waals surface area contributed by atoms with Crippen molar-refractivity contribution in [2.45, 2.75) is 25.8 Å². The van der Waals surface area contributed by atoms with Gasteiger partial charge < -0.3 is 10.2 Å². The van der Waals surface area contributed by atoms with E-state index < -0.39 is 0 Å². The number of hydrogen-bond acceptors (Lipinski definition) is 3. The zero-order valence-electron chi connectivity index (χ0n) is 9.45. The van der Waals surface area contributed by atoms with E-state index in [2.05, 4.69) is 30.3 Å². The Morgan fingerprint density at radius 2 is 2.29 bits per heavy atom. The van der Waals surface area contributed by atoms with Crippen LogP contribution in [0.2, 0.25) is 0 Å². The van der Waals surface area contributed by atoms with Crippen molar-refractivity contribution in [2.24, 2.45) is 11.8 Å². The second-order valence-corrected chi connectivity index (χ2v) is 4.49. The minimum Gasteiger partial charge on any atom is -0.306 e. The monoisotopic (exact) mass is 195 g/mol. The van der Waals surface area contributed by atoms with Gasteiger partial charge in [-0.3, -0.25) is 0 Å². The highest BCUT2D eigenvalue weighted by molar-refractivity contribution is 4.89. The van der Waals surface area contributed by atoms with Crippen LogP contribution in [0.4, 0.5) is 0 Å². The van der Waals surface area contributed by atoms with E-state index in [9.17, 15) is 0 Å². The van der Waals surface area contributed by atoms with Gasteiger partial charge in [0.25, 0.3) is 0 Å². The first kappa shape index (κ1) is 11.5. The molecule has 0 spiro atoms. The normalized spacial score (nSPS) is 27.4. The molecule has 0 aliphatic heterocycles. The minimum atomic E-state index is 0.00840. The molecular weight excluding hydrogens is 174 g/mol. The SMILES string of the molecule is CNC(C#N)CCN(C)CC1CC1C. The molecule has 80 valence electrons. The smallest absolute Gasteiger partial charge is 0.0962 e. The van der Waals surface area contributed by atoms with Crippen LogP contribution in [0.15, 0.2) is 0 Å². The number of hydrogen-bond donors (Lipinski definition) is 1. The first-order valence-electron chi connectivity index (χ1n) is 5.42. The molecule has 14 heavy (non-hydrogen) atoms. The predicted octanol–water partition coefficient (Wildman–Crippen LogP) is 1.08. The van der Waals surface area contributed by atoms with Crippen molar-refractivity contribution >= 4 is 0 Å². The Hall–Kier alpha value is -0.590. The van der Waals surface area contributed by atoms with Crippen LogP contribution in [0.25, 0.3) is 0 Å². The van der Waals surface area contributed by atoms with Crippen LogP contribution in [0.1, 0.15) is 19.8 Å². The van der Waals surface area contributed by atoms with E-state index in [1.807, 2.05) is 7.05 Å². The minimum absolute atomic E-state index is 0.00840. The highest BCUT2D eigenvalue weighted by Gasteiger charge is 2.32. The Bertz CT molecular complexity index is 209. The lowest BCUT2D eigenvalue weighted by atomic mass is 10.2. The first-order chi connectivity index (χ1) is 6.67. The topological polar surface area (TPSA) is 39.1 Å². The second kappa shape index (κ2) is 5.33. The summed E-state index contributed by atoms with van der Waals surface area (Å²) in [5.41, 5.74) is 0. The molecule has 1 fully saturated rings. The van der Waals surface area contributed by atoms with E-state index in [-0.39, 0.29) is 6.04 Å². The molecule has 0 aromatic rings. The van der Waals surface area contributed by atoms with Gasteiger partial charge >= 0.3 is 0 Å². The van der Waals surface area contributed by atoms with Crippen molar-refractivity contribution in [2.75, 3.05) is 27.2 Å². The Kier molecular flexibility index (Phi) is 4.37. The number of nitrogens with zero attached hydrogens (tertiary/aromatic N) is 2. The molecule has 3 unspecified atom stereocenters. The lowest BCUT2D eigenvalue weighted by Crippen LogP contribution is -2.30. The van der Waals surface area contributed by atoms with Gasteiger partial charge in [-0.05, 0) is 38.8 Å². The summed E-state index contributed by atoms with van der Waals surface area (Å²) >= 11 is 0. The molecule has 1 aliphatic rings. The molecule has 1 rings (SSSR count). The molecule has 0 amide bonds. The van der Waals surface area contributed by atoms with E-state index >= 15 is 0 Å². The molecule has 3 nitrogen and oxygen atoms in total. The highest BCUT2D eigenvalue weighted by atomic mass is 15.1. The van der Waals surface area contributed by atoms with E-state index in [0.29, 0.717) is 0 Å². The second-order valence-electron chi connectivity index (χ2n) is 4.49. The average Bonchev–Trinajstić information content (AvgIpc) is 2.83. The Labute approximate surface area is 87.1 Å². The van der Waals surface area contributed by atoms with E-state index in [0.717, 1.165) is 24.8 Å². The van der Waals surface area contributed by atoms with Gasteiger partial charge in [-0.15, -0.1) is 0 Å². The summed E-state index contributed by atoms with van der Waals surface area (Å²) in [5, 5.41) is 11.7. The molecule has 3 heteroatoms. The van der Waals surface area contributed by atoms with Crippen molar-refractivity contribution in [1.82, 2.24) is 10.2 Å². The van der Waals surface area contributed by atoms with Crippen LogP contribution < -0.4 is 5.32 Å². The molecule has 0 heterocycles. The highest BCUT2D eigenvalue weighted by Crippen LogP contribution is 2.37. The van der Waals surface area contributed by atoms with Crippen LogP contribution in [0, 0.1) is 23.2 Å². The zero-order chi connectivity index (χ0) is 10.6. The summed E-state index contributed by atoms with van der Waals surface area (Å²) < 4.78 is 0. The molecular formula is C11H21N3. The molecule has 0 radical (unpaired) electrons. The van der Waals surface area contributed by atoms with Gasteiger partial charge in [-0.2, -0.15) is 5.26 Å². The maximum Gasteiger partial charge on any atom is 0.0962 e. The van der Waals surface area contributed by atoms with Crippen LogP contribution >= 0.6 is 0 Å². The summed E-state index contributed by atoms with van der Waals surface area (Å²) in [4.78, 5) is 2.34. The summed E-state index contributed by atoms with van der Waals surface area (Å²) in [6.45, 7) is 4.52. The molecule has 0 aromatic carbocycles. The molecule has 3 atom stereocenters. The van der Waals surface area contributed by atoms with Gasteiger partial charge in [0.1, 0.15) is 0 Å². The van der Waals surface area contributed by atoms with Crippen molar-refractivity contribution in [3.8, 4) is 6.07 Å². The Balaban J connectivity index is 2.08. The quantitative estimate of drug-likeness (QED) is 0.689. The predicted molar refractivity (Wildman–Crippen MR) is 57.8 cm³/mol. The lowest BCUT2D eigenvalue weighted by Gasteiger charge is -2.17. The zero-order valence-corrected chi connectivity index (χ0v) is 9.45. The largest absolute Gasteiger partial charge is 0.306 e. The van der Waals surface area contributed by atoms with Gasteiger partial charge in [0, 0.05) is 13.1 Å². The molecule has 0 bridgehead atoms. The average molecular weight is 195 g/mol. The van der Waals surface area contributed by atoms with Crippen molar-refractivity contribution in [1.29, 1.82) is 5.26 Å². The van der Waals surface area contributed by atoms with E-state index in [1.165, 1.54) is 13.0 Å². The van der Waals surface area contributed by atoms with Gasteiger partial charge in [0.15, 0.2) is 0 Å². The third-order valence-electron chi connectivity index (χ3n) is 3.13. The van der Waals surface area contributed by atoms with E-state index in [4.69, 9.17) is 5.26 Å². The summed E-state index contributed by atoms with van der Waals surface area (Å²) in [6.07, 6.45) is 2.31. The van der Waals surface area contributed by atoms with Crippen LogP contribution in [0.5, 0.6) is 0 Å². The summed E-state index contributed by atoms with van der Waals surface area (Å²) in [6, 6.07) is 2.26. The fourth-order valence-electron chi connectivity index (χ4n) is 1.77. The molecule has 0 saturated heterocycles. The van der Waals surface area contributed by atoms with Gasteiger partial charge in [-0.25, -0.2) is 0 Å². The maximum absolute atomic E-state index is 8.74. The van der Waals surface area contributed by atoms with Crippen LogP contribution in [0.3, 0.4) is 0 Å². The third-order valence-corrected chi connectivity index (χ3v) is 3.13. The molecule has 1 aliphatic carbocycles.